The van der Waals surface area contributed by atoms with Gasteiger partial charge >= 0.3 is 0 Å². The molecule has 2 rings (SSSR count). The van der Waals surface area contributed by atoms with Gasteiger partial charge in [0.25, 0.3) is 0 Å². The van der Waals surface area contributed by atoms with E-state index in [2.05, 4.69) is 68.8 Å². The van der Waals surface area contributed by atoms with Crippen molar-refractivity contribution >= 4 is 11.6 Å². The number of benzene rings is 1. The molecule has 0 atom stereocenters. The minimum atomic E-state index is 0.859. The maximum atomic E-state index is 4.25. The Kier molecular flexibility index (Phi) is 7.04. The van der Waals surface area contributed by atoms with Crippen LogP contribution in [0.4, 0.5) is 5.69 Å². The molecule has 0 unspecified atom stereocenters. The average molecular weight is 313 g/mol. The third-order valence-electron chi connectivity index (χ3n) is 3.71. The molecule has 0 spiro atoms. The fourth-order valence-electron chi connectivity index (χ4n) is 2.38. The number of rotatable bonds is 8. The lowest BCUT2D eigenvalue weighted by Gasteiger charge is -2.19. The molecule has 5 heteroatoms. The molecule has 0 amide bonds. The monoisotopic (exact) mass is 313 g/mol. The van der Waals surface area contributed by atoms with Crippen LogP contribution in [-0.4, -0.2) is 44.3 Å². The molecule has 0 aliphatic heterocycles. The van der Waals surface area contributed by atoms with Gasteiger partial charge in [0, 0.05) is 58.4 Å². The Balaban J connectivity index is 1.60. The van der Waals surface area contributed by atoms with E-state index in [1.807, 2.05) is 18.2 Å². The van der Waals surface area contributed by atoms with Crippen molar-refractivity contribution in [3.05, 3.63) is 54.9 Å². The normalized spacial score (nSPS) is 11.3. The largest absolute Gasteiger partial charge is 0.375 e. The molecule has 1 aromatic carbocycles. The molecule has 1 heterocycles. The molecule has 0 saturated carbocycles. The summed E-state index contributed by atoms with van der Waals surface area (Å²) >= 11 is 0. The summed E-state index contributed by atoms with van der Waals surface area (Å²) < 4.78 is 2.15. The van der Waals surface area contributed by atoms with Crippen LogP contribution >= 0.6 is 0 Å². The zero-order valence-corrected chi connectivity index (χ0v) is 14.1. The van der Waals surface area contributed by atoms with Crippen molar-refractivity contribution in [3.63, 3.8) is 0 Å². The molecular weight excluding hydrogens is 286 g/mol. The molecule has 2 N–H and O–H groups in total. The average Bonchev–Trinajstić information content (AvgIpc) is 3.11. The van der Waals surface area contributed by atoms with E-state index < -0.39 is 0 Å². The molecule has 0 saturated heterocycles. The van der Waals surface area contributed by atoms with Crippen molar-refractivity contribution in [1.82, 2.24) is 15.2 Å². The van der Waals surface area contributed by atoms with Crippen molar-refractivity contribution in [2.75, 3.05) is 38.6 Å². The second-order valence-corrected chi connectivity index (χ2v) is 5.46. The minimum absolute atomic E-state index is 0.859. The van der Waals surface area contributed by atoms with Gasteiger partial charge in [-0.15, -0.1) is 0 Å². The molecule has 2 aromatic rings. The van der Waals surface area contributed by atoms with Crippen molar-refractivity contribution in [2.24, 2.45) is 4.99 Å². The van der Waals surface area contributed by atoms with Crippen LogP contribution < -0.4 is 15.5 Å². The van der Waals surface area contributed by atoms with Gasteiger partial charge in [0.1, 0.15) is 0 Å². The third kappa shape index (κ3) is 6.06. The molecular formula is C18H27N5. The highest BCUT2D eigenvalue weighted by molar-refractivity contribution is 5.79. The summed E-state index contributed by atoms with van der Waals surface area (Å²) in [5, 5.41) is 6.69. The topological polar surface area (TPSA) is 44.6 Å². The lowest BCUT2D eigenvalue weighted by molar-refractivity contribution is 0.660. The van der Waals surface area contributed by atoms with E-state index in [-0.39, 0.29) is 0 Å². The molecule has 23 heavy (non-hydrogen) atoms. The number of nitrogens with one attached hydrogen (secondary N) is 2. The second-order valence-electron chi connectivity index (χ2n) is 5.46. The molecule has 0 fully saturated rings. The SMILES string of the molecule is CN=C(NCCCN(C)c1ccccc1)NCCn1cccc1. The predicted molar refractivity (Wildman–Crippen MR) is 98.1 cm³/mol. The molecule has 124 valence electrons. The van der Waals surface area contributed by atoms with E-state index in [0.29, 0.717) is 0 Å². The molecule has 5 nitrogen and oxygen atoms in total. The zero-order valence-electron chi connectivity index (χ0n) is 14.1. The van der Waals surface area contributed by atoms with Gasteiger partial charge in [0.05, 0.1) is 0 Å². The van der Waals surface area contributed by atoms with E-state index in [9.17, 15) is 0 Å². The number of hydrogen-bond acceptors (Lipinski definition) is 2. The highest BCUT2D eigenvalue weighted by Crippen LogP contribution is 2.10. The van der Waals surface area contributed by atoms with Crippen LogP contribution in [0.15, 0.2) is 59.9 Å². The van der Waals surface area contributed by atoms with Crippen LogP contribution in [0.3, 0.4) is 0 Å². The second kappa shape index (κ2) is 9.56. The summed E-state index contributed by atoms with van der Waals surface area (Å²) in [6.07, 6.45) is 5.19. The van der Waals surface area contributed by atoms with Crippen molar-refractivity contribution in [3.8, 4) is 0 Å². The van der Waals surface area contributed by atoms with Gasteiger partial charge in [-0.2, -0.15) is 0 Å². The van der Waals surface area contributed by atoms with Crippen LogP contribution in [0.2, 0.25) is 0 Å². The Morgan fingerprint density at radius 2 is 1.74 bits per heavy atom. The fraction of sp³-hybridized carbons (Fsp3) is 0.389. The third-order valence-corrected chi connectivity index (χ3v) is 3.71. The quantitative estimate of drug-likeness (QED) is 0.446. The number of guanidine groups is 1. The summed E-state index contributed by atoms with van der Waals surface area (Å²) in [5.41, 5.74) is 1.25. The number of anilines is 1. The number of nitrogens with zero attached hydrogens (tertiary/aromatic N) is 3. The molecule has 0 aliphatic carbocycles. The molecule has 1 aromatic heterocycles. The summed E-state index contributed by atoms with van der Waals surface area (Å²) in [7, 11) is 3.93. The first kappa shape index (κ1) is 16.9. The first-order valence-corrected chi connectivity index (χ1v) is 8.11. The van der Waals surface area contributed by atoms with Gasteiger partial charge in [0.2, 0.25) is 0 Å². The molecule has 0 bridgehead atoms. The van der Waals surface area contributed by atoms with Crippen LogP contribution in [0.25, 0.3) is 0 Å². The van der Waals surface area contributed by atoms with Gasteiger partial charge in [-0.3, -0.25) is 4.99 Å². The lowest BCUT2D eigenvalue weighted by atomic mass is 10.3. The van der Waals surface area contributed by atoms with Crippen molar-refractivity contribution in [2.45, 2.75) is 13.0 Å². The number of aliphatic imine (C=N–C) groups is 1. The summed E-state index contributed by atoms with van der Waals surface area (Å²) in [4.78, 5) is 6.52. The number of hydrogen-bond donors (Lipinski definition) is 2. The Hall–Kier alpha value is -2.43. The Morgan fingerprint density at radius 3 is 2.43 bits per heavy atom. The maximum absolute atomic E-state index is 4.25. The van der Waals surface area contributed by atoms with E-state index in [1.165, 1.54) is 5.69 Å². The van der Waals surface area contributed by atoms with Crippen LogP contribution in [0.1, 0.15) is 6.42 Å². The Bertz CT molecular complexity index is 562. The Morgan fingerprint density at radius 1 is 1.04 bits per heavy atom. The van der Waals surface area contributed by atoms with Gasteiger partial charge in [-0.05, 0) is 30.7 Å². The molecule has 0 aliphatic rings. The summed E-state index contributed by atoms with van der Waals surface area (Å²) in [5.74, 6) is 0.861. The Labute approximate surface area is 139 Å². The lowest BCUT2D eigenvalue weighted by Crippen LogP contribution is -2.39. The maximum Gasteiger partial charge on any atom is 0.191 e. The number of para-hydroxylation sites is 1. The van der Waals surface area contributed by atoms with Gasteiger partial charge < -0.3 is 20.1 Å². The van der Waals surface area contributed by atoms with Gasteiger partial charge in [0.15, 0.2) is 5.96 Å². The van der Waals surface area contributed by atoms with Gasteiger partial charge in [-0.25, -0.2) is 0 Å². The first-order valence-electron chi connectivity index (χ1n) is 8.11. The standard InChI is InChI=1S/C18H27N5/c1-19-18(21-12-16-23-14-6-7-15-23)20-11-8-13-22(2)17-9-4-3-5-10-17/h3-7,9-10,14-15H,8,11-13,16H2,1-2H3,(H2,19,20,21). The minimum Gasteiger partial charge on any atom is -0.375 e. The van der Waals surface area contributed by atoms with E-state index in [4.69, 9.17) is 0 Å². The first-order chi connectivity index (χ1) is 11.3. The smallest absolute Gasteiger partial charge is 0.191 e. The predicted octanol–water partition coefficient (Wildman–Crippen LogP) is 2.18. The number of aromatic nitrogens is 1. The van der Waals surface area contributed by atoms with Crippen LogP contribution in [-0.2, 0) is 6.54 Å². The van der Waals surface area contributed by atoms with Crippen molar-refractivity contribution in [1.29, 1.82) is 0 Å². The highest BCUT2D eigenvalue weighted by Gasteiger charge is 2.00. The van der Waals surface area contributed by atoms with E-state index in [0.717, 1.165) is 38.6 Å². The zero-order chi connectivity index (χ0) is 16.3. The van der Waals surface area contributed by atoms with Crippen LogP contribution in [0, 0.1) is 0 Å². The van der Waals surface area contributed by atoms with Gasteiger partial charge in [-0.1, -0.05) is 18.2 Å². The molecule has 0 radical (unpaired) electrons. The van der Waals surface area contributed by atoms with Crippen LogP contribution in [0.5, 0.6) is 0 Å². The van der Waals surface area contributed by atoms with E-state index >= 15 is 0 Å². The van der Waals surface area contributed by atoms with Crippen molar-refractivity contribution < 1.29 is 0 Å². The highest BCUT2D eigenvalue weighted by atomic mass is 15.2. The van der Waals surface area contributed by atoms with E-state index in [1.54, 1.807) is 7.05 Å². The summed E-state index contributed by atoms with van der Waals surface area (Å²) in [6.45, 7) is 3.71. The fourth-order valence-corrected chi connectivity index (χ4v) is 2.38. The summed E-state index contributed by atoms with van der Waals surface area (Å²) in [6, 6.07) is 14.5.